The van der Waals surface area contributed by atoms with Crippen molar-refractivity contribution in [3.63, 3.8) is 0 Å². The highest BCUT2D eigenvalue weighted by Crippen LogP contribution is 2.36. The third kappa shape index (κ3) is 4.95. The third-order valence-corrected chi connectivity index (χ3v) is 5.80. The first-order valence-corrected chi connectivity index (χ1v) is 10.4. The van der Waals surface area contributed by atoms with E-state index in [0.717, 1.165) is 50.7 Å². The zero-order chi connectivity index (χ0) is 18.5. The van der Waals surface area contributed by atoms with Crippen LogP contribution in [-0.4, -0.2) is 74.4 Å². The van der Waals surface area contributed by atoms with Crippen molar-refractivity contribution in [3.8, 4) is 0 Å². The van der Waals surface area contributed by atoms with E-state index in [9.17, 15) is 4.79 Å². The van der Waals surface area contributed by atoms with Gasteiger partial charge in [-0.3, -0.25) is 9.69 Å². The van der Waals surface area contributed by atoms with Crippen molar-refractivity contribution in [2.24, 2.45) is 0 Å². The van der Waals surface area contributed by atoms with Gasteiger partial charge in [0, 0.05) is 32.7 Å². The molecule has 27 heavy (non-hydrogen) atoms. The number of aromatic nitrogens is 4. The van der Waals surface area contributed by atoms with Crippen molar-refractivity contribution in [2.45, 2.75) is 24.0 Å². The molecule has 7 nitrogen and oxygen atoms in total. The Labute approximate surface area is 163 Å². The second-order valence-corrected chi connectivity index (χ2v) is 7.86. The molecular weight excluding hydrogens is 360 g/mol. The molecule has 1 aliphatic carbocycles. The molecule has 2 fully saturated rings. The standard InChI is InChI=1S/C19H24N6OS/c26-18(15-27-19-20-21-22-25(19)17-8-9-17)24-13-11-23(12-14-24)10-4-7-16-5-2-1-3-6-16/h1-7,17H,8-15H2/b7-4+. The van der Waals surface area contributed by atoms with Crippen molar-refractivity contribution in [1.29, 1.82) is 0 Å². The predicted molar refractivity (Wildman–Crippen MR) is 105 cm³/mol. The van der Waals surface area contributed by atoms with Crippen LogP contribution in [0.15, 0.2) is 41.6 Å². The van der Waals surface area contributed by atoms with Gasteiger partial charge in [-0.2, -0.15) is 0 Å². The molecule has 1 aromatic heterocycles. The van der Waals surface area contributed by atoms with Crippen LogP contribution >= 0.6 is 11.8 Å². The molecule has 2 aliphatic rings. The quantitative estimate of drug-likeness (QED) is 0.680. The summed E-state index contributed by atoms with van der Waals surface area (Å²) in [6.45, 7) is 4.31. The van der Waals surface area contributed by atoms with E-state index in [2.05, 4.69) is 44.7 Å². The largest absolute Gasteiger partial charge is 0.339 e. The Kier molecular flexibility index (Phi) is 5.84. The molecule has 1 aromatic carbocycles. The fourth-order valence-electron chi connectivity index (χ4n) is 3.13. The van der Waals surface area contributed by atoms with E-state index in [1.54, 1.807) is 0 Å². The fourth-order valence-corrected chi connectivity index (χ4v) is 3.98. The number of hydrogen-bond donors (Lipinski definition) is 0. The molecule has 0 spiro atoms. The Hall–Kier alpha value is -2.19. The van der Waals surface area contributed by atoms with Gasteiger partial charge in [0.15, 0.2) is 0 Å². The minimum absolute atomic E-state index is 0.171. The molecule has 4 rings (SSSR count). The summed E-state index contributed by atoms with van der Waals surface area (Å²) in [7, 11) is 0. The number of carbonyl (C=O) groups is 1. The van der Waals surface area contributed by atoms with Gasteiger partial charge in [0.2, 0.25) is 11.1 Å². The summed E-state index contributed by atoms with van der Waals surface area (Å²) in [4.78, 5) is 16.8. The molecule has 0 N–H and O–H groups in total. The Morgan fingerprint density at radius 3 is 2.67 bits per heavy atom. The number of benzene rings is 1. The van der Waals surface area contributed by atoms with Gasteiger partial charge in [0.05, 0.1) is 11.8 Å². The number of hydrogen-bond acceptors (Lipinski definition) is 6. The highest BCUT2D eigenvalue weighted by atomic mass is 32.2. The SMILES string of the molecule is O=C(CSc1nnnn1C1CC1)N1CCN(C/C=C/c2ccccc2)CC1. The van der Waals surface area contributed by atoms with Gasteiger partial charge >= 0.3 is 0 Å². The lowest BCUT2D eigenvalue weighted by Gasteiger charge is -2.34. The van der Waals surface area contributed by atoms with Crippen LogP contribution in [0.25, 0.3) is 6.08 Å². The molecular formula is C19H24N6OS. The molecule has 1 aliphatic heterocycles. The average Bonchev–Trinajstić information content (AvgIpc) is 3.45. The predicted octanol–water partition coefficient (Wildman–Crippen LogP) is 1.96. The first-order valence-electron chi connectivity index (χ1n) is 9.42. The van der Waals surface area contributed by atoms with E-state index in [4.69, 9.17) is 0 Å². The summed E-state index contributed by atoms with van der Waals surface area (Å²) in [5.74, 6) is 0.575. The normalized spacial score (nSPS) is 18.3. The van der Waals surface area contributed by atoms with E-state index in [1.165, 1.54) is 17.3 Å². The van der Waals surface area contributed by atoms with Crippen LogP contribution in [0.3, 0.4) is 0 Å². The maximum absolute atomic E-state index is 12.5. The highest BCUT2D eigenvalue weighted by molar-refractivity contribution is 7.99. The van der Waals surface area contributed by atoms with E-state index >= 15 is 0 Å². The van der Waals surface area contributed by atoms with Crippen molar-refractivity contribution >= 4 is 23.7 Å². The van der Waals surface area contributed by atoms with Gasteiger partial charge in [0.25, 0.3) is 0 Å². The van der Waals surface area contributed by atoms with Crippen LogP contribution in [0.4, 0.5) is 0 Å². The second-order valence-electron chi connectivity index (χ2n) is 6.92. The van der Waals surface area contributed by atoms with E-state index < -0.39 is 0 Å². The molecule has 1 saturated carbocycles. The Balaban J connectivity index is 1.19. The Bertz CT molecular complexity index is 781. The number of thioether (sulfide) groups is 1. The van der Waals surface area contributed by atoms with E-state index in [0.29, 0.717) is 11.8 Å². The third-order valence-electron chi connectivity index (χ3n) is 4.88. The van der Waals surface area contributed by atoms with Crippen molar-refractivity contribution < 1.29 is 4.79 Å². The number of nitrogens with zero attached hydrogens (tertiary/aromatic N) is 6. The summed E-state index contributed by atoms with van der Waals surface area (Å²) >= 11 is 1.45. The monoisotopic (exact) mass is 384 g/mol. The number of carbonyl (C=O) groups excluding carboxylic acids is 1. The smallest absolute Gasteiger partial charge is 0.233 e. The summed E-state index contributed by atoms with van der Waals surface area (Å²) in [6.07, 6.45) is 6.61. The zero-order valence-corrected chi connectivity index (χ0v) is 16.1. The van der Waals surface area contributed by atoms with Crippen molar-refractivity contribution in [2.75, 3.05) is 38.5 Å². The van der Waals surface area contributed by atoms with Crippen molar-refractivity contribution in [3.05, 3.63) is 42.0 Å². The lowest BCUT2D eigenvalue weighted by atomic mass is 10.2. The topological polar surface area (TPSA) is 67.2 Å². The van der Waals surface area contributed by atoms with Gasteiger partial charge in [-0.25, -0.2) is 4.68 Å². The molecule has 0 atom stereocenters. The molecule has 1 amide bonds. The van der Waals surface area contributed by atoms with E-state index in [1.807, 2.05) is 27.8 Å². The summed E-state index contributed by atoms with van der Waals surface area (Å²) in [5.41, 5.74) is 1.22. The van der Waals surface area contributed by atoms with Crippen LogP contribution in [0.5, 0.6) is 0 Å². The minimum Gasteiger partial charge on any atom is -0.339 e. The maximum atomic E-state index is 12.5. The van der Waals surface area contributed by atoms with Gasteiger partial charge in [-0.1, -0.05) is 54.2 Å². The number of rotatable bonds is 7. The first-order chi connectivity index (χ1) is 13.3. The summed E-state index contributed by atoms with van der Waals surface area (Å²) in [5, 5.41) is 12.6. The zero-order valence-electron chi connectivity index (χ0n) is 15.3. The van der Waals surface area contributed by atoms with Gasteiger partial charge in [0.1, 0.15) is 0 Å². The summed E-state index contributed by atoms with van der Waals surface area (Å²) < 4.78 is 1.86. The first kappa shape index (κ1) is 18.2. The fraction of sp³-hybridized carbons (Fsp3) is 0.474. The molecule has 0 unspecified atom stereocenters. The molecule has 2 heterocycles. The Morgan fingerprint density at radius 2 is 1.93 bits per heavy atom. The van der Waals surface area contributed by atoms with Crippen LogP contribution < -0.4 is 0 Å². The highest BCUT2D eigenvalue weighted by Gasteiger charge is 2.28. The lowest BCUT2D eigenvalue weighted by Crippen LogP contribution is -2.49. The van der Waals surface area contributed by atoms with Crippen LogP contribution in [0, 0.1) is 0 Å². The lowest BCUT2D eigenvalue weighted by molar-refractivity contribution is -0.130. The second kappa shape index (κ2) is 8.67. The minimum atomic E-state index is 0.171. The van der Waals surface area contributed by atoms with Crippen LogP contribution in [0.2, 0.25) is 0 Å². The molecule has 142 valence electrons. The van der Waals surface area contributed by atoms with Gasteiger partial charge < -0.3 is 4.90 Å². The van der Waals surface area contributed by atoms with E-state index in [-0.39, 0.29) is 5.91 Å². The number of piperazine rings is 1. The van der Waals surface area contributed by atoms with Crippen LogP contribution in [-0.2, 0) is 4.79 Å². The van der Waals surface area contributed by atoms with Gasteiger partial charge in [-0.05, 0) is 28.8 Å². The Morgan fingerprint density at radius 1 is 1.15 bits per heavy atom. The molecule has 8 heteroatoms. The molecule has 0 radical (unpaired) electrons. The number of tetrazole rings is 1. The summed E-state index contributed by atoms with van der Waals surface area (Å²) in [6, 6.07) is 10.8. The maximum Gasteiger partial charge on any atom is 0.233 e. The average molecular weight is 385 g/mol. The molecule has 0 bridgehead atoms. The molecule has 2 aromatic rings. The number of amides is 1. The van der Waals surface area contributed by atoms with Gasteiger partial charge in [-0.15, -0.1) is 5.10 Å². The van der Waals surface area contributed by atoms with Crippen LogP contribution in [0.1, 0.15) is 24.4 Å². The molecule has 1 saturated heterocycles. The van der Waals surface area contributed by atoms with Crippen molar-refractivity contribution in [1.82, 2.24) is 30.0 Å².